The summed E-state index contributed by atoms with van der Waals surface area (Å²) in [5, 5.41) is 3.70. The van der Waals surface area contributed by atoms with E-state index in [9.17, 15) is 0 Å². The Balaban J connectivity index is 1.87. The highest BCUT2D eigenvalue weighted by Crippen LogP contribution is 2.64. The summed E-state index contributed by atoms with van der Waals surface area (Å²) in [5.74, 6) is 2.02. The van der Waals surface area contributed by atoms with E-state index in [1.807, 2.05) is 0 Å². The molecule has 0 heterocycles. The Morgan fingerprint density at radius 3 is 2.56 bits per heavy atom. The van der Waals surface area contributed by atoms with Gasteiger partial charge in [-0.15, -0.1) is 0 Å². The first-order chi connectivity index (χ1) is 7.48. The molecule has 1 N–H and O–H groups in total. The maximum absolute atomic E-state index is 3.70. The van der Waals surface area contributed by atoms with Crippen LogP contribution in [0.1, 0.15) is 66.2 Å². The van der Waals surface area contributed by atoms with Crippen LogP contribution in [-0.4, -0.2) is 12.1 Å². The fourth-order valence-corrected chi connectivity index (χ4v) is 3.86. The zero-order valence-electron chi connectivity index (χ0n) is 11.6. The van der Waals surface area contributed by atoms with E-state index in [1.54, 1.807) is 0 Å². The van der Waals surface area contributed by atoms with Crippen LogP contribution in [0.15, 0.2) is 0 Å². The lowest BCUT2D eigenvalue weighted by molar-refractivity contribution is 0.183. The highest BCUT2D eigenvalue weighted by molar-refractivity contribution is 5.08. The van der Waals surface area contributed by atoms with Gasteiger partial charge in [-0.05, 0) is 63.8 Å². The molecule has 94 valence electrons. The van der Waals surface area contributed by atoms with Gasteiger partial charge in [0.2, 0.25) is 0 Å². The third kappa shape index (κ3) is 2.45. The second kappa shape index (κ2) is 4.33. The van der Waals surface area contributed by atoms with Gasteiger partial charge in [0.05, 0.1) is 0 Å². The fraction of sp³-hybridized carbons (Fsp3) is 1.00. The van der Waals surface area contributed by atoms with Crippen molar-refractivity contribution in [1.29, 1.82) is 0 Å². The Morgan fingerprint density at radius 2 is 1.94 bits per heavy atom. The maximum atomic E-state index is 3.70. The third-order valence-electron chi connectivity index (χ3n) is 4.91. The minimum absolute atomic E-state index is 0.292. The van der Waals surface area contributed by atoms with Crippen molar-refractivity contribution in [2.24, 2.45) is 17.3 Å². The first-order valence-electron chi connectivity index (χ1n) is 7.23. The van der Waals surface area contributed by atoms with Crippen LogP contribution in [0.25, 0.3) is 0 Å². The fourth-order valence-electron chi connectivity index (χ4n) is 3.86. The van der Waals surface area contributed by atoms with Crippen molar-refractivity contribution in [1.82, 2.24) is 5.32 Å². The molecule has 2 aliphatic rings. The Labute approximate surface area is 101 Å². The average Bonchev–Trinajstić information content (AvgIpc) is 2.89. The monoisotopic (exact) mass is 223 g/mol. The lowest BCUT2D eigenvalue weighted by Crippen LogP contribution is -2.38. The zero-order valence-corrected chi connectivity index (χ0v) is 11.6. The molecular formula is C15H29N. The van der Waals surface area contributed by atoms with Gasteiger partial charge in [0.1, 0.15) is 0 Å². The van der Waals surface area contributed by atoms with Crippen molar-refractivity contribution in [2.45, 2.75) is 71.8 Å². The van der Waals surface area contributed by atoms with Crippen molar-refractivity contribution in [3.63, 3.8) is 0 Å². The van der Waals surface area contributed by atoms with Gasteiger partial charge in [-0.2, -0.15) is 0 Å². The van der Waals surface area contributed by atoms with E-state index >= 15 is 0 Å². The van der Waals surface area contributed by atoms with Crippen LogP contribution >= 0.6 is 0 Å². The summed E-state index contributed by atoms with van der Waals surface area (Å²) < 4.78 is 0. The highest BCUT2D eigenvalue weighted by atomic mass is 15.0. The van der Waals surface area contributed by atoms with Crippen molar-refractivity contribution >= 4 is 0 Å². The quantitative estimate of drug-likeness (QED) is 0.763. The lowest BCUT2D eigenvalue weighted by atomic mass is 9.73. The Morgan fingerprint density at radius 1 is 1.19 bits per heavy atom. The molecule has 0 radical (unpaired) electrons. The molecule has 0 aliphatic heterocycles. The van der Waals surface area contributed by atoms with Gasteiger partial charge in [0, 0.05) is 5.54 Å². The molecule has 1 nitrogen and oxygen atoms in total. The van der Waals surface area contributed by atoms with Crippen LogP contribution in [0.5, 0.6) is 0 Å². The van der Waals surface area contributed by atoms with E-state index in [0.29, 0.717) is 5.54 Å². The van der Waals surface area contributed by atoms with E-state index in [2.05, 4.69) is 33.0 Å². The van der Waals surface area contributed by atoms with Crippen LogP contribution in [0.2, 0.25) is 0 Å². The number of hydrogen-bond acceptors (Lipinski definition) is 1. The van der Waals surface area contributed by atoms with Crippen molar-refractivity contribution in [2.75, 3.05) is 6.54 Å². The average molecular weight is 223 g/mol. The maximum Gasteiger partial charge on any atom is 0.00966 e. The van der Waals surface area contributed by atoms with Crippen LogP contribution < -0.4 is 5.32 Å². The second-order valence-corrected chi connectivity index (χ2v) is 7.12. The van der Waals surface area contributed by atoms with Crippen LogP contribution in [0.4, 0.5) is 0 Å². The third-order valence-corrected chi connectivity index (χ3v) is 4.91. The van der Waals surface area contributed by atoms with Crippen LogP contribution in [0, 0.1) is 17.3 Å². The molecule has 0 aromatic rings. The minimum atomic E-state index is 0.292. The topological polar surface area (TPSA) is 12.0 Å². The SMILES string of the molecule is CCC1CCCCC12CC2CNC(C)(C)C. The largest absolute Gasteiger partial charge is 0.312 e. The molecule has 0 saturated heterocycles. The lowest BCUT2D eigenvalue weighted by Gasteiger charge is -2.33. The van der Waals surface area contributed by atoms with E-state index in [1.165, 1.54) is 45.1 Å². The Hall–Kier alpha value is -0.0400. The second-order valence-electron chi connectivity index (χ2n) is 7.12. The van der Waals surface area contributed by atoms with Gasteiger partial charge in [-0.1, -0.05) is 26.2 Å². The van der Waals surface area contributed by atoms with E-state index in [4.69, 9.17) is 0 Å². The minimum Gasteiger partial charge on any atom is -0.312 e. The number of nitrogens with one attached hydrogen (secondary N) is 1. The Bertz CT molecular complexity index is 240. The molecule has 2 fully saturated rings. The molecule has 1 heteroatoms. The van der Waals surface area contributed by atoms with Gasteiger partial charge in [0.15, 0.2) is 0 Å². The number of rotatable bonds is 3. The molecule has 2 saturated carbocycles. The van der Waals surface area contributed by atoms with Crippen LogP contribution in [-0.2, 0) is 0 Å². The molecule has 1 spiro atoms. The van der Waals surface area contributed by atoms with E-state index in [0.717, 1.165) is 17.3 Å². The number of hydrogen-bond donors (Lipinski definition) is 1. The predicted octanol–water partition coefficient (Wildman–Crippen LogP) is 3.98. The summed E-state index contributed by atoms with van der Waals surface area (Å²) in [6.45, 7) is 10.5. The molecule has 3 unspecified atom stereocenters. The molecule has 16 heavy (non-hydrogen) atoms. The molecule has 2 rings (SSSR count). The van der Waals surface area contributed by atoms with Crippen molar-refractivity contribution in [3.05, 3.63) is 0 Å². The van der Waals surface area contributed by atoms with E-state index < -0.39 is 0 Å². The zero-order chi connectivity index (χ0) is 11.8. The molecule has 3 atom stereocenters. The molecule has 0 aromatic carbocycles. The smallest absolute Gasteiger partial charge is 0.00966 e. The standard InChI is InChI=1S/C15H29N/c1-5-12-8-6-7-9-15(12)10-13(15)11-16-14(2,3)4/h12-13,16H,5-11H2,1-4H3. The summed E-state index contributed by atoms with van der Waals surface area (Å²) in [6, 6.07) is 0. The summed E-state index contributed by atoms with van der Waals surface area (Å²) >= 11 is 0. The summed E-state index contributed by atoms with van der Waals surface area (Å²) in [4.78, 5) is 0. The summed E-state index contributed by atoms with van der Waals surface area (Å²) in [7, 11) is 0. The summed E-state index contributed by atoms with van der Waals surface area (Å²) in [5.41, 5.74) is 1.06. The van der Waals surface area contributed by atoms with Gasteiger partial charge in [-0.25, -0.2) is 0 Å². The molecule has 0 bridgehead atoms. The molecular weight excluding hydrogens is 194 g/mol. The molecule has 0 aromatic heterocycles. The summed E-state index contributed by atoms with van der Waals surface area (Å²) in [6.07, 6.45) is 8.91. The van der Waals surface area contributed by atoms with E-state index in [-0.39, 0.29) is 0 Å². The van der Waals surface area contributed by atoms with Gasteiger partial charge >= 0.3 is 0 Å². The Kier molecular flexibility index (Phi) is 3.36. The van der Waals surface area contributed by atoms with Gasteiger partial charge in [0.25, 0.3) is 0 Å². The molecule has 0 amide bonds. The van der Waals surface area contributed by atoms with Gasteiger partial charge in [-0.3, -0.25) is 0 Å². The first-order valence-corrected chi connectivity index (χ1v) is 7.23. The normalized spacial score (nSPS) is 39.0. The molecule has 2 aliphatic carbocycles. The predicted molar refractivity (Wildman–Crippen MR) is 70.5 cm³/mol. The van der Waals surface area contributed by atoms with Gasteiger partial charge < -0.3 is 5.32 Å². The van der Waals surface area contributed by atoms with Crippen LogP contribution in [0.3, 0.4) is 0 Å². The van der Waals surface area contributed by atoms with Crippen molar-refractivity contribution < 1.29 is 0 Å². The first kappa shape index (κ1) is 12.4. The van der Waals surface area contributed by atoms with Crippen molar-refractivity contribution in [3.8, 4) is 0 Å². The highest BCUT2D eigenvalue weighted by Gasteiger charge is 2.57.